The highest BCUT2D eigenvalue weighted by atomic mass is 19.1. The zero-order valence-electron chi connectivity index (χ0n) is 24.2. The molecule has 0 unspecified atom stereocenters. The Kier molecular flexibility index (Phi) is 11.2. The Bertz CT molecular complexity index is 1450. The molecule has 1 aliphatic rings. The summed E-state index contributed by atoms with van der Waals surface area (Å²) in [5, 5.41) is 15.5. The SMILES string of the molecule is COCCN(C)CCn1c(=O)oc2ccc(-c3ccc(C[C@@H](C#N)NC(=O)[C@@H]4CNCC[C@@H](OC)CO4)c(F)c3)cc21. The van der Waals surface area contributed by atoms with Gasteiger partial charge in [-0.25, -0.2) is 9.18 Å². The molecule has 12 heteroatoms. The highest BCUT2D eigenvalue weighted by Gasteiger charge is 2.26. The first-order valence-corrected chi connectivity index (χ1v) is 14.0. The number of aromatic nitrogens is 1. The molecule has 3 aromatic rings. The van der Waals surface area contributed by atoms with Gasteiger partial charge in [0.25, 0.3) is 5.91 Å². The number of benzene rings is 2. The second-order valence-electron chi connectivity index (χ2n) is 10.4. The van der Waals surface area contributed by atoms with Gasteiger partial charge >= 0.3 is 5.76 Å². The predicted octanol–water partition coefficient (Wildman–Crippen LogP) is 1.92. The van der Waals surface area contributed by atoms with Crippen molar-refractivity contribution in [2.45, 2.75) is 37.6 Å². The number of nitrogens with one attached hydrogen (secondary N) is 2. The van der Waals surface area contributed by atoms with E-state index in [-0.39, 0.29) is 19.1 Å². The Morgan fingerprint density at radius 1 is 1.26 bits per heavy atom. The molecule has 1 fully saturated rings. The van der Waals surface area contributed by atoms with Gasteiger partial charge in [0.15, 0.2) is 5.58 Å². The molecule has 0 radical (unpaired) electrons. The van der Waals surface area contributed by atoms with E-state index >= 15 is 4.39 Å². The number of hydrogen-bond donors (Lipinski definition) is 2. The lowest BCUT2D eigenvalue weighted by atomic mass is 10.00. The van der Waals surface area contributed by atoms with E-state index < -0.39 is 29.6 Å². The summed E-state index contributed by atoms with van der Waals surface area (Å²) in [5.41, 5.74) is 2.69. The Balaban J connectivity index is 1.44. The van der Waals surface area contributed by atoms with Crippen LogP contribution in [0.5, 0.6) is 0 Å². The summed E-state index contributed by atoms with van der Waals surface area (Å²) in [6.45, 7) is 3.64. The molecule has 1 amide bonds. The highest BCUT2D eigenvalue weighted by Crippen LogP contribution is 2.26. The lowest BCUT2D eigenvalue weighted by Crippen LogP contribution is -2.49. The molecule has 0 saturated carbocycles. The van der Waals surface area contributed by atoms with E-state index in [1.807, 2.05) is 13.1 Å². The van der Waals surface area contributed by atoms with Crippen molar-refractivity contribution in [1.29, 1.82) is 5.26 Å². The van der Waals surface area contributed by atoms with Crippen LogP contribution in [0.25, 0.3) is 22.2 Å². The lowest BCUT2D eigenvalue weighted by Gasteiger charge is -2.25. The Hall–Kier alpha value is -3.60. The lowest BCUT2D eigenvalue weighted by molar-refractivity contribution is -0.136. The van der Waals surface area contributed by atoms with Gasteiger partial charge in [-0.2, -0.15) is 5.26 Å². The van der Waals surface area contributed by atoms with E-state index in [4.69, 9.17) is 18.6 Å². The zero-order chi connectivity index (χ0) is 30.1. The van der Waals surface area contributed by atoms with Crippen molar-refractivity contribution in [3.05, 3.63) is 58.3 Å². The van der Waals surface area contributed by atoms with Crippen LogP contribution in [0.4, 0.5) is 4.39 Å². The van der Waals surface area contributed by atoms with Crippen LogP contribution >= 0.6 is 0 Å². The molecule has 11 nitrogen and oxygen atoms in total. The maximum atomic E-state index is 15.3. The summed E-state index contributed by atoms with van der Waals surface area (Å²) >= 11 is 0. The number of fused-ring (bicyclic) bond motifs is 1. The van der Waals surface area contributed by atoms with Crippen LogP contribution in [0.3, 0.4) is 0 Å². The molecule has 0 aliphatic carbocycles. The van der Waals surface area contributed by atoms with Crippen molar-refractivity contribution in [3.63, 3.8) is 0 Å². The van der Waals surface area contributed by atoms with E-state index in [1.165, 1.54) is 6.07 Å². The van der Waals surface area contributed by atoms with Crippen molar-refractivity contribution in [1.82, 2.24) is 20.1 Å². The van der Waals surface area contributed by atoms with Crippen LogP contribution in [0.1, 0.15) is 12.0 Å². The van der Waals surface area contributed by atoms with E-state index in [9.17, 15) is 14.9 Å². The molecular formula is C30H38FN5O6. The molecule has 0 bridgehead atoms. The minimum Gasteiger partial charge on any atom is -0.408 e. The van der Waals surface area contributed by atoms with E-state index in [0.717, 1.165) is 13.0 Å². The number of carbonyl (C=O) groups is 1. The fourth-order valence-electron chi connectivity index (χ4n) is 4.81. The zero-order valence-corrected chi connectivity index (χ0v) is 24.2. The van der Waals surface area contributed by atoms with Crippen LogP contribution in [0, 0.1) is 17.1 Å². The molecule has 226 valence electrons. The van der Waals surface area contributed by atoms with Gasteiger partial charge in [-0.3, -0.25) is 9.36 Å². The minimum atomic E-state index is -0.941. The van der Waals surface area contributed by atoms with Gasteiger partial charge in [0.05, 0.1) is 30.9 Å². The number of halogens is 1. The largest absolute Gasteiger partial charge is 0.419 e. The maximum absolute atomic E-state index is 15.3. The number of carbonyl (C=O) groups excluding carboxylic acids is 1. The average Bonchev–Trinajstić information content (AvgIpc) is 3.29. The summed E-state index contributed by atoms with van der Waals surface area (Å²) in [6, 6.07) is 11.1. The number of ether oxygens (including phenoxy) is 3. The summed E-state index contributed by atoms with van der Waals surface area (Å²) in [4.78, 5) is 27.4. The molecule has 1 aromatic heterocycles. The Morgan fingerprint density at radius 3 is 2.79 bits per heavy atom. The van der Waals surface area contributed by atoms with Crippen molar-refractivity contribution < 1.29 is 27.8 Å². The van der Waals surface area contributed by atoms with Crippen LogP contribution in [-0.4, -0.2) is 94.3 Å². The second-order valence-corrected chi connectivity index (χ2v) is 10.4. The quantitative estimate of drug-likeness (QED) is 0.328. The monoisotopic (exact) mass is 583 g/mol. The summed E-state index contributed by atoms with van der Waals surface area (Å²) in [7, 11) is 5.19. The number of oxazole rings is 1. The fourth-order valence-corrected chi connectivity index (χ4v) is 4.81. The first kappa shape index (κ1) is 31.3. The molecule has 3 atom stereocenters. The standard InChI is InChI=1S/C30H38FN5O6/c1-35(12-13-39-2)10-11-36-26-16-21(6-7-27(26)42-30(36)38)20-4-5-22(25(31)15-20)14-23(17-32)34-29(37)28-18-33-9-8-24(40-3)19-41-28/h4-7,15-16,23-24,28,33H,8-14,18-19H2,1-3H3,(H,34,37)/t23-,24+,28-/m0/s1. The van der Waals surface area contributed by atoms with Crippen LogP contribution in [0.2, 0.25) is 0 Å². The topological polar surface area (TPSA) is 131 Å². The van der Waals surface area contributed by atoms with Crippen LogP contribution in [0.15, 0.2) is 45.6 Å². The third kappa shape index (κ3) is 8.02. The summed E-state index contributed by atoms with van der Waals surface area (Å²) in [6.07, 6.45) is -0.149. The maximum Gasteiger partial charge on any atom is 0.419 e. The van der Waals surface area contributed by atoms with E-state index in [0.29, 0.717) is 60.6 Å². The van der Waals surface area contributed by atoms with E-state index in [2.05, 4.69) is 15.5 Å². The number of rotatable bonds is 12. The van der Waals surface area contributed by atoms with Gasteiger partial charge in [0.2, 0.25) is 0 Å². The minimum absolute atomic E-state index is 0.00784. The van der Waals surface area contributed by atoms with Gasteiger partial charge in [-0.15, -0.1) is 0 Å². The summed E-state index contributed by atoms with van der Waals surface area (Å²) < 4.78 is 38.4. The van der Waals surface area contributed by atoms with Gasteiger partial charge in [-0.05, 0) is 54.9 Å². The molecule has 2 aromatic carbocycles. The number of methoxy groups -OCH3 is 2. The second kappa shape index (κ2) is 15.0. The molecular weight excluding hydrogens is 545 g/mol. The number of nitriles is 1. The molecule has 4 rings (SSSR count). The molecule has 0 spiro atoms. The van der Waals surface area contributed by atoms with Gasteiger partial charge in [0.1, 0.15) is 18.0 Å². The summed E-state index contributed by atoms with van der Waals surface area (Å²) in [5.74, 6) is -1.39. The van der Waals surface area contributed by atoms with Crippen molar-refractivity contribution in [2.24, 2.45) is 0 Å². The number of hydrogen-bond acceptors (Lipinski definition) is 9. The van der Waals surface area contributed by atoms with Gasteiger partial charge < -0.3 is 34.2 Å². The molecule has 1 saturated heterocycles. The highest BCUT2D eigenvalue weighted by molar-refractivity contribution is 5.82. The van der Waals surface area contributed by atoms with Crippen molar-refractivity contribution in [3.8, 4) is 17.2 Å². The fraction of sp³-hybridized carbons (Fsp3) is 0.500. The first-order valence-electron chi connectivity index (χ1n) is 14.0. The third-order valence-electron chi connectivity index (χ3n) is 7.41. The van der Waals surface area contributed by atoms with Gasteiger partial charge in [0, 0.05) is 46.8 Å². The third-order valence-corrected chi connectivity index (χ3v) is 7.41. The van der Waals surface area contributed by atoms with Crippen molar-refractivity contribution in [2.75, 3.05) is 60.7 Å². The molecule has 1 aliphatic heterocycles. The van der Waals surface area contributed by atoms with Crippen LogP contribution in [-0.2, 0) is 32.0 Å². The molecule has 2 N–H and O–H groups in total. The normalized spacial score (nSPS) is 18.4. The van der Waals surface area contributed by atoms with E-state index in [1.54, 1.807) is 49.1 Å². The number of likely N-dealkylation sites (N-methyl/N-ethyl adjacent to an activating group) is 1. The average molecular weight is 584 g/mol. The molecule has 2 heterocycles. The first-order chi connectivity index (χ1) is 20.3. The van der Waals surface area contributed by atoms with Crippen molar-refractivity contribution >= 4 is 17.0 Å². The number of nitrogens with zero attached hydrogens (tertiary/aromatic N) is 3. The molecule has 42 heavy (non-hydrogen) atoms. The smallest absolute Gasteiger partial charge is 0.408 e. The Morgan fingerprint density at radius 2 is 2.05 bits per heavy atom. The predicted molar refractivity (Wildman–Crippen MR) is 155 cm³/mol. The van der Waals surface area contributed by atoms with Crippen LogP contribution < -0.4 is 16.4 Å². The Labute approximate surface area is 244 Å². The number of amides is 1. The van der Waals surface area contributed by atoms with Gasteiger partial charge in [-0.1, -0.05) is 18.2 Å².